The number of amides is 1. The summed E-state index contributed by atoms with van der Waals surface area (Å²) >= 11 is 0. The van der Waals surface area contributed by atoms with Crippen molar-refractivity contribution in [2.45, 2.75) is 36.6 Å². The minimum Gasteiger partial charge on any atom is -0.449 e. The highest BCUT2D eigenvalue weighted by molar-refractivity contribution is 5.79. The van der Waals surface area contributed by atoms with Crippen LogP contribution in [-0.2, 0) is 14.2 Å². The van der Waals surface area contributed by atoms with Gasteiger partial charge in [0.05, 0.1) is 12.6 Å². The molecule has 1 aliphatic heterocycles. The van der Waals surface area contributed by atoms with E-state index in [1.165, 1.54) is 7.11 Å². The molecule has 1 amide bonds. The summed E-state index contributed by atoms with van der Waals surface area (Å²) in [6, 6.07) is 14.9. The van der Waals surface area contributed by atoms with Crippen LogP contribution in [-0.4, -0.2) is 72.4 Å². The van der Waals surface area contributed by atoms with Crippen molar-refractivity contribution >= 4 is 6.09 Å². The van der Waals surface area contributed by atoms with Gasteiger partial charge in [0.2, 0.25) is 0 Å². The fourth-order valence-electron chi connectivity index (χ4n) is 4.24. The van der Waals surface area contributed by atoms with Gasteiger partial charge in [0.1, 0.15) is 24.9 Å². The maximum atomic E-state index is 12.5. The molecule has 1 aliphatic carbocycles. The zero-order chi connectivity index (χ0) is 21.3. The molecule has 0 bridgehead atoms. The van der Waals surface area contributed by atoms with Crippen molar-refractivity contribution in [3.63, 3.8) is 0 Å². The van der Waals surface area contributed by atoms with Crippen molar-refractivity contribution in [1.29, 1.82) is 0 Å². The predicted molar refractivity (Wildman–Crippen MR) is 107 cm³/mol. The van der Waals surface area contributed by atoms with Crippen LogP contribution in [0.15, 0.2) is 48.5 Å². The Morgan fingerprint density at radius 2 is 1.63 bits per heavy atom. The van der Waals surface area contributed by atoms with E-state index in [-0.39, 0.29) is 12.5 Å². The quantitative estimate of drug-likeness (QED) is 0.575. The molecular weight excluding hydrogens is 390 g/mol. The summed E-state index contributed by atoms with van der Waals surface area (Å²) in [6.07, 6.45) is -5.59. The third-order valence-corrected chi connectivity index (χ3v) is 5.75. The molecule has 0 radical (unpaired) electrons. The summed E-state index contributed by atoms with van der Waals surface area (Å²) in [5, 5.41) is 32.5. The van der Waals surface area contributed by atoms with Crippen LogP contribution >= 0.6 is 0 Å². The van der Waals surface area contributed by atoms with E-state index < -0.39 is 43.3 Å². The lowest BCUT2D eigenvalue weighted by Gasteiger charge is -2.41. The van der Waals surface area contributed by atoms with E-state index in [2.05, 4.69) is 5.32 Å². The summed E-state index contributed by atoms with van der Waals surface area (Å²) in [7, 11) is 1.31. The van der Waals surface area contributed by atoms with Gasteiger partial charge in [0.15, 0.2) is 6.29 Å². The number of ether oxygens (including phenoxy) is 3. The molecule has 4 rings (SSSR count). The average Bonchev–Trinajstić information content (AvgIpc) is 3.09. The number of nitrogens with one attached hydrogen (secondary N) is 1. The molecule has 5 atom stereocenters. The molecule has 1 heterocycles. The highest BCUT2D eigenvalue weighted by Gasteiger charge is 2.45. The Bertz CT molecular complexity index is 857. The van der Waals surface area contributed by atoms with Crippen molar-refractivity contribution in [2.75, 3.05) is 20.3 Å². The maximum absolute atomic E-state index is 12.5. The first kappa shape index (κ1) is 20.8. The number of rotatable bonds is 5. The summed E-state index contributed by atoms with van der Waals surface area (Å²) in [4.78, 5) is 12.5. The second kappa shape index (κ2) is 8.71. The van der Waals surface area contributed by atoms with Crippen LogP contribution in [0.5, 0.6) is 0 Å². The molecule has 4 N–H and O–H groups in total. The van der Waals surface area contributed by atoms with Gasteiger partial charge in [-0.3, -0.25) is 0 Å². The number of alkyl carbamates (subject to hydrolysis) is 1. The number of carbonyl (C=O) groups is 1. The monoisotopic (exact) mass is 415 g/mol. The second-order valence-electron chi connectivity index (χ2n) is 7.44. The summed E-state index contributed by atoms with van der Waals surface area (Å²) < 4.78 is 15.8. The third-order valence-electron chi connectivity index (χ3n) is 5.75. The Morgan fingerprint density at radius 3 is 2.20 bits per heavy atom. The molecule has 2 aromatic rings. The standard InChI is InChI=1S/C22H25NO7/c1-28-21-20(26)19(25)18(17(10-24)30-21)23-22(27)29-11-16-14-8-4-2-6-12(14)13-7-3-5-9-15(13)16/h2-9,16-21,24-26H,10-11H2,1H3,(H,23,27)/t17-,18-,19+,20-,21+/m1/s1. The highest BCUT2D eigenvalue weighted by atomic mass is 16.7. The van der Waals surface area contributed by atoms with Crippen LogP contribution in [0.1, 0.15) is 17.0 Å². The molecule has 8 nitrogen and oxygen atoms in total. The largest absolute Gasteiger partial charge is 0.449 e. The van der Waals surface area contributed by atoms with Crippen LogP contribution in [0.3, 0.4) is 0 Å². The van der Waals surface area contributed by atoms with Crippen molar-refractivity contribution < 1.29 is 34.3 Å². The summed E-state index contributed by atoms with van der Waals surface area (Å²) in [5.41, 5.74) is 4.40. The van der Waals surface area contributed by atoms with Gasteiger partial charge >= 0.3 is 6.09 Å². The van der Waals surface area contributed by atoms with E-state index in [0.717, 1.165) is 22.3 Å². The molecule has 1 fully saturated rings. The smallest absolute Gasteiger partial charge is 0.407 e. The molecule has 160 valence electrons. The molecule has 8 heteroatoms. The SMILES string of the molecule is CO[C@H]1O[C@H](CO)[C@@H](NC(=O)OCC2c3ccccc3-c3ccccc32)[C@H](O)[C@H]1O. The number of fused-ring (bicyclic) bond motifs is 3. The second-order valence-corrected chi connectivity index (χ2v) is 7.44. The van der Waals surface area contributed by atoms with Gasteiger partial charge in [-0.15, -0.1) is 0 Å². The molecular formula is C22H25NO7. The Hall–Kier alpha value is -2.49. The number of aliphatic hydroxyl groups is 3. The van der Waals surface area contributed by atoms with Crippen LogP contribution in [0.4, 0.5) is 4.79 Å². The molecule has 1 saturated heterocycles. The first-order valence-electron chi connectivity index (χ1n) is 9.82. The van der Waals surface area contributed by atoms with E-state index in [9.17, 15) is 20.1 Å². The molecule has 0 spiro atoms. The number of hydrogen-bond donors (Lipinski definition) is 4. The topological polar surface area (TPSA) is 117 Å². The Balaban J connectivity index is 1.44. The van der Waals surface area contributed by atoms with Crippen LogP contribution in [0.25, 0.3) is 11.1 Å². The van der Waals surface area contributed by atoms with E-state index in [1.807, 2.05) is 48.5 Å². The maximum Gasteiger partial charge on any atom is 0.407 e. The number of methoxy groups -OCH3 is 1. The zero-order valence-corrected chi connectivity index (χ0v) is 16.5. The lowest BCUT2D eigenvalue weighted by molar-refractivity contribution is -0.271. The zero-order valence-electron chi connectivity index (χ0n) is 16.5. The van der Waals surface area contributed by atoms with Crippen molar-refractivity contribution in [1.82, 2.24) is 5.32 Å². The fraction of sp³-hybridized carbons (Fsp3) is 0.409. The predicted octanol–water partition coefficient (Wildman–Crippen LogP) is 0.979. The van der Waals surface area contributed by atoms with E-state index >= 15 is 0 Å². The van der Waals surface area contributed by atoms with Gasteiger partial charge in [0.25, 0.3) is 0 Å². The minimum absolute atomic E-state index is 0.104. The highest BCUT2D eigenvalue weighted by Crippen LogP contribution is 2.44. The van der Waals surface area contributed by atoms with Crippen molar-refractivity contribution in [3.05, 3.63) is 59.7 Å². The normalized spacial score (nSPS) is 27.9. The molecule has 0 unspecified atom stereocenters. The van der Waals surface area contributed by atoms with Gasteiger partial charge in [-0.2, -0.15) is 0 Å². The first-order valence-corrected chi connectivity index (χ1v) is 9.82. The number of aliphatic hydroxyl groups excluding tert-OH is 3. The summed E-state index contributed by atoms with van der Waals surface area (Å²) in [6.45, 7) is -0.367. The van der Waals surface area contributed by atoms with Gasteiger partial charge < -0.3 is 34.8 Å². The minimum atomic E-state index is -1.39. The molecule has 30 heavy (non-hydrogen) atoms. The summed E-state index contributed by atoms with van der Waals surface area (Å²) in [5.74, 6) is -0.104. The van der Waals surface area contributed by atoms with Gasteiger partial charge in [0, 0.05) is 13.0 Å². The number of carbonyl (C=O) groups excluding carboxylic acids is 1. The molecule has 0 aromatic heterocycles. The van der Waals surface area contributed by atoms with E-state index in [4.69, 9.17) is 14.2 Å². The Kier molecular flexibility index (Phi) is 6.03. The van der Waals surface area contributed by atoms with Crippen molar-refractivity contribution in [3.8, 4) is 11.1 Å². The number of benzene rings is 2. The molecule has 2 aromatic carbocycles. The van der Waals surface area contributed by atoms with Gasteiger partial charge in [-0.1, -0.05) is 48.5 Å². The van der Waals surface area contributed by atoms with Crippen LogP contribution in [0.2, 0.25) is 0 Å². The molecule has 2 aliphatic rings. The fourth-order valence-corrected chi connectivity index (χ4v) is 4.24. The molecule has 0 saturated carbocycles. The van der Waals surface area contributed by atoms with Gasteiger partial charge in [-0.25, -0.2) is 4.79 Å². The van der Waals surface area contributed by atoms with Gasteiger partial charge in [-0.05, 0) is 22.3 Å². The Morgan fingerprint density at radius 1 is 1.03 bits per heavy atom. The first-order chi connectivity index (χ1) is 14.5. The Labute approximate surface area is 174 Å². The van der Waals surface area contributed by atoms with Crippen molar-refractivity contribution in [2.24, 2.45) is 0 Å². The third kappa shape index (κ3) is 3.68. The lowest BCUT2D eigenvalue weighted by atomic mass is 9.96. The lowest BCUT2D eigenvalue weighted by Crippen LogP contribution is -2.64. The van der Waals surface area contributed by atoms with E-state index in [1.54, 1.807) is 0 Å². The van der Waals surface area contributed by atoms with Crippen LogP contribution < -0.4 is 5.32 Å². The number of hydrogen-bond acceptors (Lipinski definition) is 7. The average molecular weight is 415 g/mol. The van der Waals surface area contributed by atoms with Crippen LogP contribution in [0, 0.1) is 0 Å². The van der Waals surface area contributed by atoms with E-state index in [0.29, 0.717) is 0 Å².